The van der Waals surface area contributed by atoms with E-state index in [9.17, 15) is 0 Å². The summed E-state index contributed by atoms with van der Waals surface area (Å²) in [6.07, 6.45) is 5.48. The number of rotatable bonds is 2. The molecule has 1 saturated heterocycles. The predicted octanol–water partition coefficient (Wildman–Crippen LogP) is 3.25. The standard InChI is InChI=1S/C14H18ClNO/c15-11-1-3-12(4-2-11)17-13-9-14(10-13)5-7-16-8-6-14/h1-4,13,16H,5-10H2. The third kappa shape index (κ3) is 2.43. The van der Waals surface area contributed by atoms with Crippen molar-refractivity contribution in [3.8, 4) is 5.75 Å². The van der Waals surface area contributed by atoms with Crippen molar-refractivity contribution in [2.75, 3.05) is 13.1 Å². The molecule has 0 unspecified atom stereocenters. The molecule has 0 bridgehead atoms. The van der Waals surface area contributed by atoms with Crippen LogP contribution in [0.3, 0.4) is 0 Å². The van der Waals surface area contributed by atoms with Crippen LogP contribution in [-0.4, -0.2) is 19.2 Å². The smallest absolute Gasteiger partial charge is 0.119 e. The van der Waals surface area contributed by atoms with E-state index in [1.165, 1.54) is 38.8 Å². The van der Waals surface area contributed by atoms with Crippen LogP contribution in [0.25, 0.3) is 0 Å². The minimum Gasteiger partial charge on any atom is -0.490 e. The van der Waals surface area contributed by atoms with Gasteiger partial charge in [-0.1, -0.05) is 11.6 Å². The monoisotopic (exact) mass is 251 g/mol. The predicted molar refractivity (Wildman–Crippen MR) is 69.6 cm³/mol. The Morgan fingerprint density at radius 3 is 2.41 bits per heavy atom. The zero-order chi connectivity index (χ0) is 11.7. The summed E-state index contributed by atoms with van der Waals surface area (Å²) in [4.78, 5) is 0. The first-order valence-corrected chi connectivity index (χ1v) is 6.77. The van der Waals surface area contributed by atoms with Crippen molar-refractivity contribution in [1.29, 1.82) is 0 Å². The summed E-state index contributed by atoms with van der Waals surface area (Å²) in [6.45, 7) is 2.35. The zero-order valence-corrected chi connectivity index (χ0v) is 10.7. The van der Waals surface area contributed by atoms with Crippen LogP contribution in [0.2, 0.25) is 5.02 Å². The van der Waals surface area contributed by atoms with Crippen molar-refractivity contribution < 1.29 is 4.74 Å². The van der Waals surface area contributed by atoms with Crippen molar-refractivity contribution in [1.82, 2.24) is 5.32 Å². The van der Waals surface area contributed by atoms with Crippen molar-refractivity contribution in [2.45, 2.75) is 31.8 Å². The van der Waals surface area contributed by atoms with Gasteiger partial charge in [-0.2, -0.15) is 0 Å². The zero-order valence-electron chi connectivity index (χ0n) is 9.92. The summed E-state index contributed by atoms with van der Waals surface area (Å²) in [5.74, 6) is 0.947. The topological polar surface area (TPSA) is 21.3 Å². The second kappa shape index (κ2) is 4.51. The van der Waals surface area contributed by atoms with Crippen molar-refractivity contribution >= 4 is 11.6 Å². The van der Waals surface area contributed by atoms with E-state index in [1.807, 2.05) is 24.3 Å². The molecule has 0 amide bonds. The summed E-state index contributed by atoms with van der Waals surface area (Å²) >= 11 is 5.85. The fraction of sp³-hybridized carbons (Fsp3) is 0.571. The van der Waals surface area contributed by atoms with Crippen LogP contribution in [-0.2, 0) is 0 Å². The maximum absolute atomic E-state index is 5.95. The molecule has 1 saturated carbocycles. The molecule has 2 aliphatic rings. The first-order chi connectivity index (χ1) is 8.26. The second-order valence-electron chi connectivity index (χ2n) is 5.35. The molecule has 0 atom stereocenters. The largest absolute Gasteiger partial charge is 0.490 e. The van der Waals surface area contributed by atoms with Crippen LogP contribution in [0.5, 0.6) is 5.75 Å². The van der Waals surface area contributed by atoms with Gasteiger partial charge in [0, 0.05) is 5.02 Å². The average molecular weight is 252 g/mol. The van der Waals surface area contributed by atoms with Gasteiger partial charge in [0.15, 0.2) is 0 Å². The molecular formula is C14H18ClNO. The molecule has 2 nitrogen and oxygen atoms in total. The highest BCUT2D eigenvalue weighted by molar-refractivity contribution is 6.30. The van der Waals surface area contributed by atoms with Gasteiger partial charge in [-0.3, -0.25) is 0 Å². The van der Waals surface area contributed by atoms with E-state index in [4.69, 9.17) is 16.3 Å². The number of hydrogen-bond acceptors (Lipinski definition) is 2. The maximum atomic E-state index is 5.95. The van der Waals surface area contributed by atoms with E-state index in [1.54, 1.807) is 0 Å². The van der Waals surface area contributed by atoms with Crippen molar-refractivity contribution in [3.63, 3.8) is 0 Å². The Labute approximate surface area is 107 Å². The van der Waals surface area contributed by atoms with Crippen molar-refractivity contribution in [2.24, 2.45) is 5.41 Å². The fourth-order valence-electron chi connectivity index (χ4n) is 3.06. The lowest BCUT2D eigenvalue weighted by molar-refractivity contribution is -0.0347. The Kier molecular flexibility index (Phi) is 3.01. The lowest BCUT2D eigenvalue weighted by Gasteiger charge is -2.49. The maximum Gasteiger partial charge on any atom is 0.119 e. The summed E-state index contributed by atoms with van der Waals surface area (Å²) < 4.78 is 5.95. The van der Waals surface area contributed by atoms with E-state index >= 15 is 0 Å². The van der Waals surface area contributed by atoms with E-state index in [0.29, 0.717) is 11.5 Å². The molecule has 1 aliphatic carbocycles. The molecule has 1 N–H and O–H groups in total. The highest BCUT2D eigenvalue weighted by Crippen LogP contribution is 2.49. The Balaban J connectivity index is 1.54. The Morgan fingerprint density at radius 2 is 1.76 bits per heavy atom. The van der Waals surface area contributed by atoms with Gasteiger partial charge < -0.3 is 10.1 Å². The third-order valence-corrected chi connectivity index (χ3v) is 4.35. The molecular weight excluding hydrogens is 234 g/mol. The van der Waals surface area contributed by atoms with Crippen molar-refractivity contribution in [3.05, 3.63) is 29.3 Å². The minimum absolute atomic E-state index is 0.411. The van der Waals surface area contributed by atoms with E-state index in [0.717, 1.165) is 10.8 Å². The number of ether oxygens (including phenoxy) is 1. The fourth-order valence-corrected chi connectivity index (χ4v) is 3.19. The summed E-state index contributed by atoms with van der Waals surface area (Å²) in [5.41, 5.74) is 0.586. The number of benzene rings is 1. The molecule has 1 aromatic rings. The van der Waals surface area contributed by atoms with Crippen LogP contribution < -0.4 is 10.1 Å². The van der Waals surface area contributed by atoms with Crippen LogP contribution in [0.1, 0.15) is 25.7 Å². The molecule has 3 rings (SSSR count). The van der Waals surface area contributed by atoms with Gasteiger partial charge >= 0.3 is 0 Å². The third-order valence-electron chi connectivity index (χ3n) is 4.10. The van der Waals surface area contributed by atoms with Crippen LogP contribution in [0, 0.1) is 5.41 Å². The summed E-state index contributed by atoms with van der Waals surface area (Å²) in [5, 5.41) is 4.19. The van der Waals surface area contributed by atoms with Gasteiger partial charge in [0.05, 0.1) is 6.10 Å². The minimum atomic E-state index is 0.411. The van der Waals surface area contributed by atoms with Gasteiger partial charge in [-0.25, -0.2) is 0 Å². The quantitative estimate of drug-likeness (QED) is 0.871. The number of hydrogen-bond donors (Lipinski definition) is 1. The molecule has 1 heterocycles. The van der Waals surface area contributed by atoms with Crippen LogP contribution >= 0.6 is 11.6 Å². The summed E-state index contributed by atoms with van der Waals surface area (Å²) in [6, 6.07) is 7.68. The molecule has 92 valence electrons. The Hall–Kier alpha value is -0.730. The molecule has 1 aromatic carbocycles. The molecule has 1 aliphatic heterocycles. The van der Waals surface area contributed by atoms with E-state index in [2.05, 4.69) is 5.32 Å². The Bertz CT molecular complexity index is 376. The van der Waals surface area contributed by atoms with Crippen LogP contribution in [0.4, 0.5) is 0 Å². The lowest BCUT2D eigenvalue weighted by atomic mass is 9.62. The van der Waals surface area contributed by atoms with Gasteiger partial charge in [-0.05, 0) is 68.5 Å². The molecule has 3 heteroatoms. The van der Waals surface area contributed by atoms with Gasteiger partial charge in [0.25, 0.3) is 0 Å². The second-order valence-corrected chi connectivity index (χ2v) is 5.79. The number of piperidine rings is 1. The highest BCUT2D eigenvalue weighted by atomic mass is 35.5. The molecule has 1 spiro atoms. The Morgan fingerprint density at radius 1 is 1.12 bits per heavy atom. The van der Waals surface area contributed by atoms with Gasteiger partial charge in [0.2, 0.25) is 0 Å². The van der Waals surface area contributed by atoms with E-state index < -0.39 is 0 Å². The molecule has 0 radical (unpaired) electrons. The first kappa shape index (κ1) is 11.4. The normalized spacial score (nSPS) is 23.4. The molecule has 17 heavy (non-hydrogen) atoms. The highest BCUT2D eigenvalue weighted by Gasteiger charge is 2.45. The van der Waals surface area contributed by atoms with Gasteiger partial charge in [-0.15, -0.1) is 0 Å². The molecule has 2 fully saturated rings. The number of nitrogens with one attached hydrogen (secondary N) is 1. The van der Waals surface area contributed by atoms with E-state index in [-0.39, 0.29) is 0 Å². The lowest BCUT2D eigenvalue weighted by Crippen LogP contribution is -2.49. The van der Waals surface area contributed by atoms with Crippen LogP contribution in [0.15, 0.2) is 24.3 Å². The van der Waals surface area contributed by atoms with Gasteiger partial charge in [0.1, 0.15) is 5.75 Å². The first-order valence-electron chi connectivity index (χ1n) is 6.39. The molecule has 0 aromatic heterocycles. The SMILES string of the molecule is Clc1ccc(OC2CC3(CCNCC3)C2)cc1. The number of halogens is 1. The summed E-state index contributed by atoms with van der Waals surface area (Å²) in [7, 11) is 0. The average Bonchev–Trinajstić information content (AvgIpc) is 2.31.